The Hall–Kier alpha value is -1.58. The van der Waals surface area contributed by atoms with E-state index in [4.69, 9.17) is 10.2 Å². The summed E-state index contributed by atoms with van der Waals surface area (Å²) >= 11 is 0. The molecule has 2 aromatic rings. The molecule has 1 aliphatic rings. The predicted octanol–water partition coefficient (Wildman–Crippen LogP) is 1.68. The number of aromatic nitrogens is 2. The Bertz CT molecular complexity index is 459. The maximum Gasteiger partial charge on any atom is 0.231 e. The molecule has 66 valence electrons. The number of fused-ring (bicyclic) bond motifs is 1. The summed E-state index contributed by atoms with van der Waals surface area (Å²) in [5, 5.41) is 0.907. The number of hydrogen-bond donors (Lipinski definition) is 1. The fourth-order valence-electron chi connectivity index (χ4n) is 1.59. The molecule has 13 heavy (non-hydrogen) atoms. The molecule has 0 unspecified atom stereocenters. The number of furan rings is 1. The first-order chi connectivity index (χ1) is 6.36. The van der Waals surface area contributed by atoms with Gasteiger partial charge in [-0.05, 0) is 12.8 Å². The second kappa shape index (κ2) is 2.22. The summed E-state index contributed by atoms with van der Waals surface area (Å²) in [5.74, 6) is 0.574. The maximum atomic E-state index is 5.77. The smallest absolute Gasteiger partial charge is 0.231 e. The quantitative estimate of drug-likeness (QED) is 0.716. The van der Waals surface area contributed by atoms with Crippen LogP contribution < -0.4 is 5.73 Å². The van der Waals surface area contributed by atoms with Crippen molar-refractivity contribution in [3.05, 3.63) is 18.3 Å². The van der Waals surface area contributed by atoms with E-state index in [1.54, 1.807) is 6.33 Å². The van der Waals surface area contributed by atoms with Crippen molar-refractivity contribution in [3.8, 4) is 0 Å². The van der Waals surface area contributed by atoms with Crippen LogP contribution in [0.2, 0.25) is 0 Å². The monoisotopic (exact) mass is 175 g/mol. The Morgan fingerprint density at radius 3 is 3.00 bits per heavy atom. The molecule has 3 rings (SSSR count). The summed E-state index contributed by atoms with van der Waals surface area (Å²) in [6.07, 6.45) is 5.48. The molecule has 0 radical (unpaired) electrons. The molecule has 0 atom stereocenters. The Kier molecular flexibility index (Phi) is 1.17. The van der Waals surface area contributed by atoms with Crippen molar-refractivity contribution in [1.29, 1.82) is 0 Å². The van der Waals surface area contributed by atoms with E-state index >= 15 is 0 Å². The van der Waals surface area contributed by atoms with Crippen LogP contribution in [0.4, 0.5) is 5.69 Å². The third-order valence-electron chi connectivity index (χ3n) is 2.39. The van der Waals surface area contributed by atoms with Crippen LogP contribution in [-0.4, -0.2) is 9.97 Å². The number of nitrogens with two attached hydrogens (primary N) is 1. The Balaban J connectivity index is 2.36. The minimum absolute atomic E-state index is 0.574. The van der Waals surface area contributed by atoms with E-state index in [9.17, 15) is 0 Å². The summed E-state index contributed by atoms with van der Waals surface area (Å²) < 4.78 is 5.19. The van der Waals surface area contributed by atoms with Crippen LogP contribution in [0.3, 0.4) is 0 Å². The van der Waals surface area contributed by atoms with Crippen molar-refractivity contribution in [2.45, 2.75) is 18.8 Å². The van der Waals surface area contributed by atoms with E-state index in [2.05, 4.69) is 9.97 Å². The second-order valence-corrected chi connectivity index (χ2v) is 3.40. The zero-order valence-corrected chi connectivity index (χ0v) is 7.03. The fraction of sp³-hybridized carbons (Fsp3) is 0.333. The summed E-state index contributed by atoms with van der Waals surface area (Å²) in [4.78, 5) is 8.27. The minimum Gasteiger partial charge on any atom is -0.444 e. The van der Waals surface area contributed by atoms with Gasteiger partial charge in [-0.1, -0.05) is 0 Å². The number of nitrogens with zero attached hydrogens (tertiary/aromatic N) is 2. The SMILES string of the molecule is Nc1coc2ncnc(C3CC3)c12. The van der Waals surface area contributed by atoms with Crippen LogP contribution in [0.1, 0.15) is 24.5 Å². The highest BCUT2D eigenvalue weighted by molar-refractivity contribution is 5.89. The van der Waals surface area contributed by atoms with Gasteiger partial charge in [0.05, 0.1) is 16.8 Å². The molecular weight excluding hydrogens is 166 g/mol. The van der Waals surface area contributed by atoms with Crippen LogP contribution in [0.25, 0.3) is 11.1 Å². The molecule has 4 heteroatoms. The standard InChI is InChI=1S/C9H9N3O/c10-6-3-13-9-7(6)8(5-1-2-5)11-4-12-9/h3-5H,1-2,10H2. The van der Waals surface area contributed by atoms with Gasteiger partial charge in [-0.2, -0.15) is 0 Å². The lowest BCUT2D eigenvalue weighted by atomic mass is 10.2. The number of anilines is 1. The van der Waals surface area contributed by atoms with Crippen molar-refractivity contribution >= 4 is 16.8 Å². The predicted molar refractivity (Wildman–Crippen MR) is 48.2 cm³/mol. The van der Waals surface area contributed by atoms with Gasteiger partial charge in [0, 0.05) is 5.92 Å². The molecule has 0 aromatic carbocycles. The van der Waals surface area contributed by atoms with Gasteiger partial charge >= 0.3 is 0 Å². The first-order valence-electron chi connectivity index (χ1n) is 4.34. The molecule has 0 bridgehead atoms. The van der Waals surface area contributed by atoms with Crippen molar-refractivity contribution < 1.29 is 4.42 Å². The molecule has 1 fully saturated rings. The second-order valence-electron chi connectivity index (χ2n) is 3.40. The normalized spacial score (nSPS) is 16.6. The highest BCUT2D eigenvalue weighted by Gasteiger charge is 2.28. The molecule has 1 saturated carbocycles. The average Bonchev–Trinajstić information content (AvgIpc) is 2.92. The third-order valence-corrected chi connectivity index (χ3v) is 2.39. The van der Waals surface area contributed by atoms with E-state index in [-0.39, 0.29) is 0 Å². The maximum absolute atomic E-state index is 5.77. The third kappa shape index (κ3) is 0.915. The van der Waals surface area contributed by atoms with Crippen LogP contribution in [0.15, 0.2) is 17.0 Å². The highest BCUT2D eigenvalue weighted by Crippen LogP contribution is 2.43. The topological polar surface area (TPSA) is 64.9 Å². The zero-order valence-electron chi connectivity index (χ0n) is 7.03. The fourth-order valence-corrected chi connectivity index (χ4v) is 1.59. The van der Waals surface area contributed by atoms with E-state index in [1.165, 1.54) is 19.1 Å². The van der Waals surface area contributed by atoms with Crippen molar-refractivity contribution in [2.75, 3.05) is 5.73 Å². The van der Waals surface area contributed by atoms with Gasteiger partial charge in [0.2, 0.25) is 5.71 Å². The Labute approximate surface area is 74.8 Å². The number of nitrogen functional groups attached to an aromatic ring is 1. The highest BCUT2D eigenvalue weighted by atomic mass is 16.3. The minimum atomic E-state index is 0.574. The average molecular weight is 175 g/mol. The van der Waals surface area contributed by atoms with E-state index in [1.807, 2.05) is 0 Å². The first-order valence-corrected chi connectivity index (χ1v) is 4.34. The lowest BCUT2D eigenvalue weighted by Crippen LogP contribution is -1.91. The van der Waals surface area contributed by atoms with Gasteiger partial charge < -0.3 is 10.2 Å². The number of hydrogen-bond acceptors (Lipinski definition) is 4. The summed E-state index contributed by atoms with van der Waals surface area (Å²) in [6.45, 7) is 0. The summed E-state index contributed by atoms with van der Waals surface area (Å²) in [6, 6.07) is 0. The summed E-state index contributed by atoms with van der Waals surface area (Å²) in [5.41, 5.74) is 8.08. The molecular formula is C9H9N3O. The molecule has 1 aliphatic carbocycles. The molecule has 2 heterocycles. The first kappa shape index (κ1) is 6.88. The van der Waals surface area contributed by atoms with E-state index in [0.717, 1.165) is 11.1 Å². The largest absolute Gasteiger partial charge is 0.444 e. The van der Waals surface area contributed by atoms with Gasteiger partial charge in [0.1, 0.15) is 12.6 Å². The van der Waals surface area contributed by atoms with Crippen LogP contribution in [-0.2, 0) is 0 Å². The molecule has 2 aromatic heterocycles. The Morgan fingerprint density at radius 2 is 2.23 bits per heavy atom. The molecule has 0 amide bonds. The molecule has 0 aliphatic heterocycles. The van der Waals surface area contributed by atoms with Crippen molar-refractivity contribution in [3.63, 3.8) is 0 Å². The van der Waals surface area contributed by atoms with Crippen LogP contribution in [0.5, 0.6) is 0 Å². The van der Waals surface area contributed by atoms with E-state index < -0.39 is 0 Å². The van der Waals surface area contributed by atoms with Gasteiger partial charge in [0.15, 0.2) is 0 Å². The lowest BCUT2D eigenvalue weighted by Gasteiger charge is -1.97. The van der Waals surface area contributed by atoms with E-state index in [0.29, 0.717) is 17.3 Å². The van der Waals surface area contributed by atoms with Gasteiger partial charge in [-0.25, -0.2) is 9.97 Å². The van der Waals surface area contributed by atoms with Crippen molar-refractivity contribution in [1.82, 2.24) is 9.97 Å². The van der Waals surface area contributed by atoms with Gasteiger partial charge in [-0.15, -0.1) is 0 Å². The van der Waals surface area contributed by atoms with Gasteiger partial charge in [0.25, 0.3) is 0 Å². The Morgan fingerprint density at radius 1 is 1.38 bits per heavy atom. The number of rotatable bonds is 1. The lowest BCUT2D eigenvalue weighted by molar-refractivity contribution is 0.603. The molecule has 2 N–H and O–H groups in total. The molecule has 0 spiro atoms. The zero-order chi connectivity index (χ0) is 8.84. The van der Waals surface area contributed by atoms with Crippen LogP contribution >= 0.6 is 0 Å². The van der Waals surface area contributed by atoms with Gasteiger partial charge in [-0.3, -0.25) is 0 Å². The van der Waals surface area contributed by atoms with Crippen LogP contribution in [0, 0.1) is 0 Å². The van der Waals surface area contributed by atoms with Crippen molar-refractivity contribution in [2.24, 2.45) is 0 Å². The molecule has 4 nitrogen and oxygen atoms in total. The summed E-state index contributed by atoms with van der Waals surface area (Å²) in [7, 11) is 0. The molecule has 0 saturated heterocycles.